The van der Waals surface area contributed by atoms with Crippen molar-refractivity contribution in [3.05, 3.63) is 35.4 Å². The number of nitrogens with one attached hydrogen (secondary N) is 1. The molecule has 0 atom stereocenters. The smallest absolute Gasteiger partial charge is 0.251 e. The van der Waals surface area contributed by atoms with Gasteiger partial charge < -0.3 is 10.2 Å². The molecule has 2 rings (SSSR count). The Kier molecular flexibility index (Phi) is 4.65. The molecule has 2 amide bonds. The molecule has 0 aromatic heterocycles. The Balaban J connectivity index is 1.76. The average molecular weight is 282 g/mol. The van der Waals surface area contributed by atoms with Crippen molar-refractivity contribution in [1.82, 2.24) is 10.2 Å². The zero-order valence-electron chi connectivity index (χ0n) is 11.0. The van der Waals surface area contributed by atoms with Gasteiger partial charge in [0, 0.05) is 37.7 Å². The maximum atomic E-state index is 13.0. The highest BCUT2D eigenvalue weighted by Crippen LogP contribution is 2.10. The Morgan fingerprint density at radius 2 is 1.95 bits per heavy atom. The number of likely N-dealkylation sites (tertiary alicyclic amines) is 1. The van der Waals surface area contributed by atoms with E-state index in [9.17, 15) is 18.4 Å². The van der Waals surface area contributed by atoms with E-state index in [0.29, 0.717) is 25.9 Å². The van der Waals surface area contributed by atoms with Gasteiger partial charge in [-0.1, -0.05) is 0 Å². The molecule has 0 bridgehead atoms. The van der Waals surface area contributed by atoms with E-state index in [2.05, 4.69) is 5.32 Å². The molecule has 0 unspecified atom stereocenters. The Hall–Kier alpha value is -1.98. The summed E-state index contributed by atoms with van der Waals surface area (Å²) in [6, 6.07) is 2.70. The van der Waals surface area contributed by atoms with Gasteiger partial charge in [0.15, 0.2) is 0 Å². The van der Waals surface area contributed by atoms with Crippen LogP contribution >= 0.6 is 0 Å². The summed E-state index contributed by atoms with van der Waals surface area (Å²) in [6.45, 7) is 1.72. The fourth-order valence-electron chi connectivity index (χ4n) is 2.20. The summed E-state index contributed by atoms with van der Waals surface area (Å²) in [5.74, 6) is -1.93. The molecule has 0 spiro atoms. The number of carbonyl (C=O) groups is 2. The van der Waals surface area contributed by atoms with Crippen molar-refractivity contribution in [2.75, 3.05) is 19.6 Å². The lowest BCUT2D eigenvalue weighted by molar-refractivity contribution is -0.127. The van der Waals surface area contributed by atoms with Gasteiger partial charge >= 0.3 is 0 Å². The van der Waals surface area contributed by atoms with E-state index in [-0.39, 0.29) is 11.5 Å². The predicted octanol–water partition coefficient (Wildman–Crippen LogP) is 1.71. The maximum absolute atomic E-state index is 13.0. The first-order chi connectivity index (χ1) is 9.56. The maximum Gasteiger partial charge on any atom is 0.251 e. The zero-order chi connectivity index (χ0) is 14.5. The fourth-order valence-corrected chi connectivity index (χ4v) is 2.20. The van der Waals surface area contributed by atoms with Gasteiger partial charge in [-0.25, -0.2) is 8.78 Å². The van der Waals surface area contributed by atoms with E-state index in [4.69, 9.17) is 0 Å². The number of hydrogen-bond acceptors (Lipinski definition) is 2. The van der Waals surface area contributed by atoms with Crippen molar-refractivity contribution < 1.29 is 18.4 Å². The Morgan fingerprint density at radius 1 is 1.25 bits per heavy atom. The van der Waals surface area contributed by atoms with Crippen molar-refractivity contribution in [3.63, 3.8) is 0 Å². The Bertz CT molecular complexity index is 500. The molecular formula is C14H16F2N2O2. The van der Waals surface area contributed by atoms with Gasteiger partial charge in [0.1, 0.15) is 11.6 Å². The van der Waals surface area contributed by atoms with E-state index in [1.807, 2.05) is 0 Å². The average Bonchev–Trinajstić information content (AvgIpc) is 2.79. The zero-order valence-corrected chi connectivity index (χ0v) is 11.0. The van der Waals surface area contributed by atoms with Crippen LogP contribution in [0.2, 0.25) is 0 Å². The van der Waals surface area contributed by atoms with Crippen molar-refractivity contribution in [3.8, 4) is 0 Å². The van der Waals surface area contributed by atoms with Crippen molar-refractivity contribution in [2.24, 2.45) is 0 Å². The Labute approximate surface area is 115 Å². The number of carbonyl (C=O) groups excluding carboxylic acids is 2. The SMILES string of the molecule is O=C(NCCCN1CCCC1=O)c1cc(F)cc(F)c1. The van der Waals surface area contributed by atoms with Gasteiger partial charge in [-0.2, -0.15) is 0 Å². The molecule has 0 aliphatic carbocycles. The molecule has 108 valence electrons. The second-order valence-electron chi connectivity index (χ2n) is 4.75. The summed E-state index contributed by atoms with van der Waals surface area (Å²) < 4.78 is 25.9. The standard InChI is InChI=1S/C14H16F2N2O2/c15-11-7-10(8-12(16)9-11)14(20)17-4-2-6-18-5-1-3-13(18)19/h7-9H,1-6H2,(H,17,20). The summed E-state index contributed by atoms with van der Waals surface area (Å²) in [5.41, 5.74) is -0.0419. The molecule has 1 aromatic rings. The van der Waals surface area contributed by atoms with Gasteiger partial charge in [0.2, 0.25) is 5.91 Å². The molecule has 6 heteroatoms. The number of rotatable bonds is 5. The van der Waals surface area contributed by atoms with Crippen LogP contribution in [0.15, 0.2) is 18.2 Å². The van der Waals surface area contributed by atoms with E-state index in [1.54, 1.807) is 4.90 Å². The van der Waals surface area contributed by atoms with Crippen LogP contribution in [0.4, 0.5) is 8.78 Å². The predicted molar refractivity (Wildman–Crippen MR) is 69.1 cm³/mol. The first-order valence-corrected chi connectivity index (χ1v) is 6.58. The van der Waals surface area contributed by atoms with Crippen LogP contribution in [-0.4, -0.2) is 36.3 Å². The van der Waals surface area contributed by atoms with Crippen LogP contribution in [0, 0.1) is 11.6 Å². The number of halogens is 2. The van der Waals surface area contributed by atoms with Gasteiger partial charge in [0.05, 0.1) is 0 Å². The van der Waals surface area contributed by atoms with E-state index in [1.165, 1.54) is 0 Å². The summed E-state index contributed by atoms with van der Waals surface area (Å²) >= 11 is 0. The molecule has 1 aliphatic rings. The third-order valence-electron chi connectivity index (χ3n) is 3.19. The lowest BCUT2D eigenvalue weighted by Crippen LogP contribution is -2.30. The lowest BCUT2D eigenvalue weighted by atomic mass is 10.2. The van der Waals surface area contributed by atoms with Crippen LogP contribution in [0.3, 0.4) is 0 Å². The quantitative estimate of drug-likeness (QED) is 0.836. The highest BCUT2D eigenvalue weighted by Gasteiger charge is 2.19. The van der Waals surface area contributed by atoms with Crippen molar-refractivity contribution >= 4 is 11.8 Å². The molecule has 1 aliphatic heterocycles. The number of benzene rings is 1. The van der Waals surface area contributed by atoms with Gasteiger partial charge in [-0.3, -0.25) is 9.59 Å². The molecule has 1 N–H and O–H groups in total. The van der Waals surface area contributed by atoms with E-state index < -0.39 is 17.5 Å². The highest BCUT2D eigenvalue weighted by atomic mass is 19.1. The molecular weight excluding hydrogens is 266 g/mol. The van der Waals surface area contributed by atoms with Crippen molar-refractivity contribution in [1.29, 1.82) is 0 Å². The van der Waals surface area contributed by atoms with Crippen LogP contribution in [0.1, 0.15) is 29.6 Å². The fraction of sp³-hybridized carbons (Fsp3) is 0.429. The third-order valence-corrected chi connectivity index (χ3v) is 3.19. The molecule has 4 nitrogen and oxygen atoms in total. The van der Waals surface area contributed by atoms with Crippen LogP contribution in [0.25, 0.3) is 0 Å². The normalized spacial score (nSPS) is 14.7. The monoisotopic (exact) mass is 282 g/mol. The first-order valence-electron chi connectivity index (χ1n) is 6.58. The molecule has 1 saturated heterocycles. The minimum Gasteiger partial charge on any atom is -0.352 e. The summed E-state index contributed by atoms with van der Waals surface area (Å²) in [6.07, 6.45) is 2.10. The van der Waals surface area contributed by atoms with Crippen molar-refractivity contribution in [2.45, 2.75) is 19.3 Å². The second-order valence-corrected chi connectivity index (χ2v) is 4.75. The molecule has 1 aromatic carbocycles. The largest absolute Gasteiger partial charge is 0.352 e. The first kappa shape index (κ1) is 14.4. The molecule has 1 fully saturated rings. The third kappa shape index (κ3) is 3.76. The second kappa shape index (κ2) is 6.45. The molecule has 1 heterocycles. The highest BCUT2D eigenvalue weighted by molar-refractivity contribution is 5.94. The van der Waals surface area contributed by atoms with Gasteiger partial charge in [0.25, 0.3) is 5.91 Å². The number of hydrogen-bond donors (Lipinski definition) is 1. The van der Waals surface area contributed by atoms with E-state index in [0.717, 1.165) is 31.2 Å². The lowest BCUT2D eigenvalue weighted by Gasteiger charge is -2.15. The van der Waals surface area contributed by atoms with Gasteiger partial charge in [-0.15, -0.1) is 0 Å². The summed E-state index contributed by atoms with van der Waals surface area (Å²) in [4.78, 5) is 24.8. The molecule has 0 saturated carbocycles. The van der Waals surface area contributed by atoms with Crippen LogP contribution in [0.5, 0.6) is 0 Å². The number of amides is 2. The Morgan fingerprint density at radius 3 is 2.55 bits per heavy atom. The molecule has 0 radical (unpaired) electrons. The summed E-state index contributed by atoms with van der Waals surface area (Å²) in [7, 11) is 0. The van der Waals surface area contributed by atoms with Crippen LogP contribution < -0.4 is 5.32 Å². The van der Waals surface area contributed by atoms with Crippen LogP contribution in [-0.2, 0) is 4.79 Å². The van der Waals surface area contributed by atoms with E-state index >= 15 is 0 Å². The minimum atomic E-state index is -0.780. The topological polar surface area (TPSA) is 49.4 Å². The summed E-state index contributed by atoms with van der Waals surface area (Å²) in [5, 5.41) is 2.58. The van der Waals surface area contributed by atoms with Gasteiger partial charge in [-0.05, 0) is 25.0 Å². The molecule has 20 heavy (non-hydrogen) atoms. The minimum absolute atomic E-state index is 0.0419. The number of nitrogens with zero attached hydrogens (tertiary/aromatic N) is 1.